The van der Waals surface area contributed by atoms with E-state index in [1.165, 1.54) is 11.1 Å². The van der Waals surface area contributed by atoms with E-state index in [0.29, 0.717) is 11.7 Å². The lowest BCUT2D eigenvalue weighted by Crippen LogP contribution is -2.39. The van der Waals surface area contributed by atoms with Crippen molar-refractivity contribution < 1.29 is 9.52 Å². The molecule has 0 aliphatic heterocycles. The normalized spacial score (nSPS) is 14.2. The predicted octanol–water partition coefficient (Wildman–Crippen LogP) is 2.59. The van der Waals surface area contributed by atoms with Crippen molar-refractivity contribution in [1.29, 1.82) is 0 Å². The number of furan rings is 1. The molecule has 0 aliphatic carbocycles. The summed E-state index contributed by atoms with van der Waals surface area (Å²) in [6.45, 7) is 7.57. The van der Waals surface area contributed by atoms with Crippen LogP contribution in [-0.2, 0) is 12.0 Å². The Kier molecular flexibility index (Phi) is 6.44. The minimum Gasteiger partial charge on any atom is -0.466 e. The second-order valence-electron chi connectivity index (χ2n) is 6.11. The summed E-state index contributed by atoms with van der Waals surface area (Å²) in [5, 5.41) is 17.0. The largest absolute Gasteiger partial charge is 0.466 e. The Hall–Kier alpha value is -2.27. The lowest BCUT2D eigenvalue weighted by Gasteiger charge is -2.19. The molecule has 0 saturated carbocycles. The fourth-order valence-corrected chi connectivity index (χ4v) is 2.43. The molecule has 0 amide bonds. The number of aliphatic imine (C=N–C) groups is 1. The van der Waals surface area contributed by atoms with E-state index >= 15 is 0 Å². The first-order valence-corrected chi connectivity index (χ1v) is 8.35. The SMILES string of the molecule is CCNC(=NCC(C)(O)c1ccco1)NCCc1cccc(C)c1. The molecule has 24 heavy (non-hydrogen) atoms. The molecule has 1 atom stereocenters. The molecule has 0 fully saturated rings. The third-order valence-corrected chi connectivity index (χ3v) is 3.73. The first-order valence-electron chi connectivity index (χ1n) is 8.35. The zero-order valence-electron chi connectivity index (χ0n) is 14.7. The zero-order chi connectivity index (χ0) is 17.4. The van der Waals surface area contributed by atoms with E-state index in [1.807, 2.05) is 6.92 Å². The average Bonchev–Trinajstić information content (AvgIpc) is 3.08. The highest BCUT2D eigenvalue weighted by molar-refractivity contribution is 5.79. The highest BCUT2D eigenvalue weighted by Crippen LogP contribution is 2.20. The summed E-state index contributed by atoms with van der Waals surface area (Å²) in [6.07, 6.45) is 2.47. The highest BCUT2D eigenvalue weighted by Gasteiger charge is 2.25. The number of hydrogen-bond acceptors (Lipinski definition) is 3. The molecule has 0 spiro atoms. The Morgan fingerprint density at radius 3 is 2.75 bits per heavy atom. The molecule has 0 bridgehead atoms. The first-order chi connectivity index (χ1) is 11.5. The van der Waals surface area contributed by atoms with E-state index < -0.39 is 5.60 Å². The van der Waals surface area contributed by atoms with Crippen LogP contribution in [0.25, 0.3) is 0 Å². The van der Waals surface area contributed by atoms with E-state index in [1.54, 1.807) is 25.3 Å². The topological polar surface area (TPSA) is 69.8 Å². The minimum absolute atomic E-state index is 0.223. The van der Waals surface area contributed by atoms with Gasteiger partial charge in [0, 0.05) is 13.1 Å². The van der Waals surface area contributed by atoms with Crippen LogP contribution in [0.2, 0.25) is 0 Å². The third-order valence-electron chi connectivity index (χ3n) is 3.73. The van der Waals surface area contributed by atoms with Gasteiger partial charge < -0.3 is 20.2 Å². The average molecular weight is 329 g/mol. The molecule has 0 radical (unpaired) electrons. The van der Waals surface area contributed by atoms with E-state index in [4.69, 9.17) is 4.42 Å². The van der Waals surface area contributed by atoms with Crippen molar-refractivity contribution in [2.24, 2.45) is 4.99 Å². The molecule has 1 heterocycles. The molecular weight excluding hydrogens is 302 g/mol. The number of nitrogens with zero attached hydrogens (tertiary/aromatic N) is 1. The summed E-state index contributed by atoms with van der Waals surface area (Å²) in [7, 11) is 0. The summed E-state index contributed by atoms with van der Waals surface area (Å²) in [6, 6.07) is 12.0. The van der Waals surface area contributed by atoms with Crippen molar-refractivity contribution >= 4 is 5.96 Å². The quantitative estimate of drug-likeness (QED) is 0.539. The van der Waals surface area contributed by atoms with Crippen molar-refractivity contribution in [2.75, 3.05) is 19.6 Å². The molecule has 0 saturated heterocycles. The summed E-state index contributed by atoms with van der Waals surface area (Å²) in [5.41, 5.74) is 1.44. The standard InChI is InChI=1S/C19H27N3O2/c1-4-20-18(21-11-10-16-8-5-7-15(2)13-16)22-14-19(3,23)17-9-6-12-24-17/h5-9,12-13,23H,4,10-11,14H2,1-3H3,(H2,20,21,22). The van der Waals surface area contributed by atoms with Crippen molar-refractivity contribution in [1.82, 2.24) is 10.6 Å². The summed E-state index contributed by atoms with van der Waals surface area (Å²) in [5.74, 6) is 1.21. The van der Waals surface area contributed by atoms with Gasteiger partial charge in [0.2, 0.25) is 0 Å². The van der Waals surface area contributed by atoms with Gasteiger partial charge in [-0.25, -0.2) is 4.99 Å². The van der Waals surface area contributed by atoms with Crippen LogP contribution >= 0.6 is 0 Å². The Labute approximate surface area is 143 Å². The van der Waals surface area contributed by atoms with Gasteiger partial charge in [0.1, 0.15) is 11.4 Å². The van der Waals surface area contributed by atoms with Crippen LogP contribution in [-0.4, -0.2) is 30.7 Å². The second-order valence-corrected chi connectivity index (χ2v) is 6.11. The van der Waals surface area contributed by atoms with E-state index in [0.717, 1.165) is 19.5 Å². The van der Waals surface area contributed by atoms with E-state index in [9.17, 15) is 5.11 Å². The highest BCUT2D eigenvalue weighted by atomic mass is 16.4. The smallest absolute Gasteiger partial charge is 0.191 e. The zero-order valence-corrected chi connectivity index (χ0v) is 14.7. The van der Waals surface area contributed by atoms with Gasteiger partial charge in [-0.3, -0.25) is 0 Å². The number of benzene rings is 1. The van der Waals surface area contributed by atoms with Crippen LogP contribution in [0.1, 0.15) is 30.7 Å². The predicted molar refractivity (Wildman–Crippen MR) is 97.1 cm³/mol. The van der Waals surface area contributed by atoms with Gasteiger partial charge >= 0.3 is 0 Å². The monoisotopic (exact) mass is 329 g/mol. The van der Waals surface area contributed by atoms with Crippen LogP contribution in [0.5, 0.6) is 0 Å². The van der Waals surface area contributed by atoms with Gasteiger partial charge in [0.25, 0.3) is 0 Å². The molecule has 2 aromatic rings. The van der Waals surface area contributed by atoms with Gasteiger partial charge in [-0.15, -0.1) is 0 Å². The Bertz CT molecular complexity index is 648. The molecule has 2 rings (SSSR count). The number of aryl methyl sites for hydroxylation is 1. The summed E-state index contributed by atoms with van der Waals surface area (Å²) in [4.78, 5) is 4.47. The Morgan fingerprint density at radius 1 is 1.25 bits per heavy atom. The molecule has 5 nitrogen and oxygen atoms in total. The molecule has 5 heteroatoms. The molecular formula is C19H27N3O2. The second kappa shape index (κ2) is 8.55. The fourth-order valence-electron chi connectivity index (χ4n) is 2.43. The van der Waals surface area contributed by atoms with Gasteiger partial charge in [-0.1, -0.05) is 29.8 Å². The maximum atomic E-state index is 10.5. The fraction of sp³-hybridized carbons (Fsp3) is 0.421. The van der Waals surface area contributed by atoms with Crippen molar-refractivity contribution in [2.45, 2.75) is 32.8 Å². The number of hydrogen-bond donors (Lipinski definition) is 3. The van der Waals surface area contributed by atoms with Gasteiger partial charge in [-0.05, 0) is 44.9 Å². The number of nitrogens with one attached hydrogen (secondary N) is 2. The maximum absolute atomic E-state index is 10.5. The van der Waals surface area contributed by atoms with E-state index in [2.05, 4.69) is 46.8 Å². The van der Waals surface area contributed by atoms with E-state index in [-0.39, 0.29) is 6.54 Å². The Balaban J connectivity index is 1.91. The lowest BCUT2D eigenvalue weighted by molar-refractivity contribution is 0.0437. The summed E-state index contributed by atoms with van der Waals surface area (Å²) >= 11 is 0. The van der Waals surface area contributed by atoms with Crippen LogP contribution in [0.15, 0.2) is 52.1 Å². The van der Waals surface area contributed by atoms with Crippen molar-refractivity contribution in [3.8, 4) is 0 Å². The number of rotatable bonds is 7. The van der Waals surface area contributed by atoms with Crippen molar-refractivity contribution in [3.05, 3.63) is 59.5 Å². The third kappa shape index (κ3) is 5.42. The summed E-state index contributed by atoms with van der Waals surface area (Å²) < 4.78 is 5.28. The lowest BCUT2D eigenvalue weighted by atomic mass is 10.0. The first kappa shape index (κ1) is 18.1. The number of aliphatic hydroxyl groups is 1. The molecule has 1 unspecified atom stereocenters. The Morgan fingerprint density at radius 2 is 2.08 bits per heavy atom. The molecule has 1 aromatic heterocycles. The van der Waals surface area contributed by atoms with Gasteiger partial charge in [-0.2, -0.15) is 0 Å². The van der Waals surface area contributed by atoms with Crippen LogP contribution < -0.4 is 10.6 Å². The van der Waals surface area contributed by atoms with Gasteiger partial charge in [0.05, 0.1) is 12.8 Å². The molecule has 0 aliphatic rings. The van der Waals surface area contributed by atoms with Crippen LogP contribution in [0, 0.1) is 6.92 Å². The molecule has 3 N–H and O–H groups in total. The maximum Gasteiger partial charge on any atom is 0.191 e. The van der Waals surface area contributed by atoms with Gasteiger partial charge in [0.15, 0.2) is 5.96 Å². The number of guanidine groups is 1. The molecule has 1 aromatic carbocycles. The molecule has 130 valence electrons. The van der Waals surface area contributed by atoms with Crippen LogP contribution in [0.4, 0.5) is 0 Å². The minimum atomic E-state index is -1.12. The van der Waals surface area contributed by atoms with Crippen molar-refractivity contribution in [3.63, 3.8) is 0 Å². The van der Waals surface area contributed by atoms with Crippen LogP contribution in [0.3, 0.4) is 0 Å².